The number of carbonyl (C=O) groups excluding carboxylic acids is 3. The number of ether oxygens (including phenoxy) is 2. The maximum atomic E-state index is 12.8. The lowest BCUT2D eigenvalue weighted by Gasteiger charge is -2.34. The number of nitrogens with zero attached hydrogens (tertiary/aromatic N) is 1. The molecule has 1 fully saturated rings. The van der Waals surface area contributed by atoms with Crippen LogP contribution in [0, 0.1) is 0 Å². The molecule has 170 valence electrons. The van der Waals surface area contributed by atoms with Gasteiger partial charge in [0.1, 0.15) is 17.5 Å². The number of nitrogens with one attached hydrogen (secondary N) is 2. The molecule has 0 spiro atoms. The number of para-hydroxylation sites is 1. The molecule has 1 unspecified atom stereocenters. The third kappa shape index (κ3) is 6.73. The van der Waals surface area contributed by atoms with Gasteiger partial charge in [-0.05, 0) is 42.8 Å². The van der Waals surface area contributed by atoms with Crippen molar-refractivity contribution in [3.63, 3.8) is 0 Å². The highest BCUT2D eigenvalue weighted by Crippen LogP contribution is 2.22. The van der Waals surface area contributed by atoms with Crippen molar-refractivity contribution in [2.45, 2.75) is 32.2 Å². The van der Waals surface area contributed by atoms with E-state index >= 15 is 0 Å². The minimum atomic E-state index is -0.853. The van der Waals surface area contributed by atoms with Crippen molar-refractivity contribution in [1.82, 2.24) is 10.2 Å². The Morgan fingerprint density at radius 1 is 1.09 bits per heavy atom. The van der Waals surface area contributed by atoms with Crippen LogP contribution < -0.4 is 15.4 Å². The highest BCUT2D eigenvalue weighted by atomic mass is 16.5. The Bertz CT molecular complexity index is 902. The van der Waals surface area contributed by atoms with Crippen molar-refractivity contribution in [2.75, 3.05) is 31.6 Å². The zero-order valence-corrected chi connectivity index (χ0v) is 18.2. The lowest BCUT2D eigenvalue weighted by atomic mass is 10.1. The quantitative estimate of drug-likeness (QED) is 0.436. The third-order valence-electron chi connectivity index (χ3n) is 5.05. The van der Waals surface area contributed by atoms with Crippen LogP contribution in [0.4, 0.5) is 5.69 Å². The number of benzene rings is 2. The number of rotatable bonds is 10. The summed E-state index contributed by atoms with van der Waals surface area (Å²) in [6.07, 6.45) is 1.53. The second kappa shape index (κ2) is 11.7. The second-order valence-electron chi connectivity index (χ2n) is 7.47. The fourth-order valence-corrected chi connectivity index (χ4v) is 3.31. The van der Waals surface area contributed by atoms with Gasteiger partial charge in [0, 0.05) is 18.8 Å². The van der Waals surface area contributed by atoms with Gasteiger partial charge in [-0.15, -0.1) is 0 Å². The molecule has 8 heteroatoms. The lowest BCUT2D eigenvalue weighted by Crippen LogP contribution is -2.58. The largest absolute Gasteiger partial charge is 0.466 e. The SMILES string of the molecule is CCCCOC(=O)CC1C(=O)NCCN1C(=O)CNc1ccc(Oc2ccccc2)cc1. The zero-order chi connectivity index (χ0) is 22.8. The molecular weight excluding hydrogens is 410 g/mol. The summed E-state index contributed by atoms with van der Waals surface area (Å²) in [4.78, 5) is 38.6. The van der Waals surface area contributed by atoms with Gasteiger partial charge in [-0.3, -0.25) is 14.4 Å². The number of piperazine rings is 1. The molecule has 1 atom stereocenters. The maximum Gasteiger partial charge on any atom is 0.308 e. The maximum absolute atomic E-state index is 12.8. The van der Waals surface area contributed by atoms with Crippen LogP contribution in [0.25, 0.3) is 0 Å². The topological polar surface area (TPSA) is 97.0 Å². The zero-order valence-electron chi connectivity index (χ0n) is 18.2. The molecule has 1 saturated heterocycles. The number of hydrogen-bond acceptors (Lipinski definition) is 6. The third-order valence-corrected chi connectivity index (χ3v) is 5.05. The average Bonchev–Trinajstić information content (AvgIpc) is 2.80. The van der Waals surface area contributed by atoms with Crippen LogP contribution in [0.2, 0.25) is 0 Å². The fourth-order valence-electron chi connectivity index (χ4n) is 3.31. The molecule has 0 aliphatic carbocycles. The molecule has 1 aliphatic heterocycles. The van der Waals surface area contributed by atoms with Gasteiger partial charge >= 0.3 is 5.97 Å². The molecule has 8 nitrogen and oxygen atoms in total. The van der Waals surface area contributed by atoms with Crippen molar-refractivity contribution in [3.8, 4) is 11.5 Å². The Hall–Kier alpha value is -3.55. The number of carbonyl (C=O) groups is 3. The van der Waals surface area contributed by atoms with E-state index in [4.69, 9.17) is 9.47 Å². The van der Waals surface area contributed by atoms with Gasteiger partial charge in [-0.25, -0.2) is 0 Å². The minimum absolute atomic E-state index is 0.00749. The van der Waals surface area contributed by atoms with E-state index in [0.717, 1.165) is 24.3 Å². The normalized spacial score (nSPS) is 15.6. The van der Waals surface area contributed by atoms with E-state index in [1.54, 1.807) is 0 Å². The molecular formula is C24H29N3O5. The van der Waals surface area contributed by atoms with Crippen molar-refractivity contribution >= 4 is 23.5 Å². The molecule has 2 aromatic carbocycles. The van der Waals surface area contributed by atoms with Crippen LogP contribution in [0.15, 0.2) is 54.6 Å². The number of unbranched alkanes of at least 4 members (excludes halogenated alkanes) is 1. The molecule has 0 bridgehead atoms. The van der Waals surface area contributed by atoms with E-state index in [0.29, 0.717) is 25.4 Å². The monoisotopic (exact) mass is 439 g/mol. The average molecular weight is 440 g/mol. The van der Waals surface area contributed by atoms with E-state index in [2.05, 4.69) is 10.6 Å². The fraction of sp³-hybridized carbons (Fsp3) is 0.375. The Morgan fingerprint density at radius 2 is 1.81 bits per heavy atom. The molecule has 2 aromatic rings. The second-order valence-corrected chi connectivity index (χ2v) is 7.47. The van der Waals surface area contributed by atoms with Crippen molar-refractivity contribution in [1.29, 1.82) is 0 Å². The number of amides is 2. The van der Waals surface area contributed by atoms with E-state index in [9.17, 15) is 14.4 Å². The molecule has 2 amide bonds. The van der Waals surface area contributed by atoms with Gasteiger partial charge in [0.05, 0.1) is 19.6 Å². The van der Waals surface area contributed by atoms with Gasteiger partial charge in [0.15, 0.2) is 0 Å². The number of hydrogen-bond donors (Lipinski definition) is 2. The van der Waals surface area contributed by atoms with Gasteiger partial charge < -0.3 is 25.0 Å². The smallest absolute Gasteiger partial charge is 0.308 e. The van der Waals surface area contributed by atoms with Crippen LogP contribution in [0.3, 0.4) is 0 Å². The van der Waals surface area contributed by atoms with Crippen LogP contribution in [-0.2, 0) is 19.1 Å². The number of esters is 1. The molecule has 0 aromatic heterocycles. The van der Waals surface area contributed by atoms with E-state index in [1.807, 2.05) is 61.5 Å². The van der Waals surface area contributed by atoms with Crippen LogP contribution in [0.5, 0.6) is 11.5 Å². The first-order valence-electron chi connectivity index (χ1n) is 10.9. The first kappa shape index (κ1) is 23.1. The van der Waals surface area contributed by atoms with E-state index in [-0.39, 0.29) is 24.8 Å². The Labute approximate surface area is 187 Å². The summed E-state index contributed by atoms with van der Waals surface area (Å²) in [5.74, 6) is 0.365. The van der Waals surface area contributed by atoms with Crippen LogP contribution >= 0.6 is 0 Å². The lowest BCUT2D eigenvalue weighted by molar-refractivity contribution is -0.151. The summed E-state index contributed by atoms with van der Waals surface area (Å²) in [7, 11) is 0. The Morgan fingerprint density at radius 3 is 2.53 bits per heavy atom. The molecule has 2 N–H and O–H groups in total. The van der Waals surface area contributed by atoms with Crippen molar-refractivity contribution in [3.05, 3.63) is 54.6 Å². The highest BCUT2D eigenvalue weighted by Gasteiger charge is 2.34. The predicted octanol–water partition coefficient (Wildman–Crippen LogP) is 2.95. The Balaban J connectivity index is 1.52. The minimum Gasteiger partial charge on any atom is -0.466 e. The summed E-state index contributed by atoms with van der Waals surface area (Å²) >= 11 is 0. The van der Waals surface area contributed by atoms with Gasteiger partial charge in [0.25, 0.3) is 0 Å². The Kier molecular flexibility index (Phi) is 8.48. The summed E-state index contributed by atoms with van der Waals surface area (Å²) in [6, 6.07) is 15.9. The highest BCUT2D eigenvalue weighted by molar-refractivity contribution is 5.93. The van der Waals surface area contributed by atoms with Crippen LogP contribution in [-0.4, -0.2) is 55.0 Å². The number of anilines is 1. The summed E-state index contributed by atoms with van der Waals surface area (Å²) in [6.45, 7) is 3.04. The molecule has 1 heterocycles. The van der Waals surface area contributed by atoms with Crippen molar-refractivity contribution < 1.29 is 23.9 Å². The van der Waals surface area contributed by atoms with E-state index < -0.39 is 12.0 Å². The van der Waals surface area contributed by atoms with Gasteiger partial charge in [0.2, 0.25) is 11.8 Å². The summed E-state index contributed by atoms with van der Waals surface area (Å²) in [5, 5.41) is 5.78. The first-order valence-corrected chi connectivity index (χ1v) is 10.9. The molecule has 1 aliphatic rings. The van der Waals surface area contributed by atoms with Gasteiger partial charge in [-0.1, -0.05) is 31.5 Å². The summed E-state index contributed by atoms with van der Waals surface area (Å²) < 4.78 is 10.9. The van der Waals surface area contributed by atoms with Crippen molar-refractivity contribution in [2.24, 2.45) is 0 Å². The molecule has 32 heavy (non-hydrogen) atoms. The molecule has 0 saturated carbocycles. The standard InChI is InChI=1S/C24H29N3O5/c1-2-3-15-31-23(29)16-21-24(30)25-13-14-27(21)22(28)17-26-18-9-11-20(12-10-18)32-19-7-5-4-6-8-19/h4-12,21,26H,2-3,13-17H2,1H3,(H,25,30). The molecule has 3 rings (SSSR count). The summed E-state index contributed by atoms with van der Waals surface area (Å²) in [5.41, 5.74) is 0.746. The first-order chi connectivity index (χ1) is 15.6. The van der Waals surface area contributed by atoms with E-state index in [1.165, 1.54) is 4.90 Å². The molecule has 0 radical (unpaired) electrons. The van der Waals surface area contributed by atoms with Crippen LogP contribution in [0.1, 0.15) is 26.2 Å². The predicted molar refractivity (Wildman–Crippen MR) is 120 cm³/mol. The van der Waals surface area contributed by atoms with Gasteiger partial charge in [-0.2, -0.15) is 0 Å².